The maximum atomic E-state index is 10.8. The molecule has 0 saturated heterocycles. The largest absolute Gasteiger partial charge is 0.493 e. The zero-order chi connectivity index (χ0) is 17.7. The minimum absolute atomic E-state index is 0.0400. The molecule has 1 aromatic carbocycles. The number of nitrogens with zero attached hydrogens (tertiary/aromatic N) is 2. The van der Waals surface area contributed by atoms with Crippen molar-refractivity contribution in [2.75, 3.05) is 26.6 Å². The van der Waals surface area contributed by atoms with Crippen LogP contribution in [0.25, 0.3) is 0 Å². The Bertz CT molecular complexity index is 749. The number of rotatable bonds is 7. The molecule has 0 atom stereocenters. The third-order valence-electron chi connectivity index (χ3n) is 3.51. The number of hydrogen-bond acceptors (Lipinski definition) is 7. The van der Waals surface area contributed by atoms with Crippen LogP contribution in [-0.2, 0) is 6.54 Å². The van der Waals surface area contributed by atoms with Gasteiger partial charge < -0.3 is 19.5 Å². The normalized spacial score (nSPS) is 10.2. The van der Waals surface area contributed by atoms with Gasteiger partial charge in [0.25, 0.3) is 5.69 Å². The van der Waals surface area contributed by atoms with Gasteiger partial charge in [0.1, 0.15) is 12.0 Å². The van der Waals surface area contributed by atoms with Gasteiger partial charge in [-0.2, -0.15) is 0 Å². The molecule has 0 fully saturated rings. The van der Waals surface area contributed by atoms with Crippen molar-refractivity contribution in [1.29, 1.82) is 0 Å². The molecular weight excluding hydrogens is 314 g/mol. The summed E-state index contributed by atoms with van der Waals surface area (Å²) in [5, 5.41) is 13.9. The van der Waals surface area contributed by atoms with Crippen molar-refractivity contribution >= 4 is 11.5 Å². The first kappa shape index (κ1) is 17.3. The molecule has 0 amide bonds. The fourth-order valence-corrected chi connectivity index (χ4v) is 2.33. The van der Waals surface area contributed by atoms with Crippen LogP contribution in [0, 0.1) is 17.0 Å². The molecule has 0 spiro atoms. The topological polar surface area (TPSA) is 95.8 Å². The summed E-state index contributed by atoms with van der Waals surface area (Å²) in [7, 11) is 4.65. The highest BCUT2D eigenvalue weighted by atomic mass is 16.6. The SMILES string of the molecule is COc1ccc(CNc2ncc([N+](=O)[O-])cc2C)c(OC)c1OC. The van der Waals surface area contributed by atoms with E-state index in [0.29, 0.717) is 35.2 Å². The second-order valence-corrected chi connectivity index (χ2v) is 4.96. The van der Waals surface area contributed by atoms with Crippen LogP contribution >= 0.6 is 0 Å². The molecule has 2 rings (SSSR count). The van der Waals surface area contributed by atoms with Crippen LogP contribution in [-0.4, -0.2) is 31.2 Å². The number of nitrogens with one attached hydrogen (secondary N) is 1. The summed E-state index contributed by atoms with van der Waals surface area (Å²) in [6, 6.07) is 5.11. The van der Waals surface area contributed by atoms with E-state index < -0.39 is 4.92 Å². The van der Waals surface area contributed by atoms with Gasteiger partial charge in [0.05, 0.1) is 26.3 Å². The van der Waals surface area contributed by atoms with Crippen LogP contribution in [0.3, 0.4) is 0 Å². The third-order valence-corrected chi connectivity index (χ3v) is 3.51. The summed E-state index contributed by atoms with van der Waals surface area (Å²) < 4.78 is 16.0. The molecule has 1 N–H and O–H groups in total. The van der Waals surface area contributed by atoms with Gasteiger partial charge in [0, 0.05) is 18.2 Å². The van der Waals surface area contributed by atoms with Gasteiger partial charge in [-0.05, 0) is 24.6 Å². The molecule has 1 aromatic heterocycles. The maximum Gasteiger partial charge on any atom is 0.287 e. The molecule has 2 aromatic rings. The smallest absolute Gasteiger partial charge is 0.287 e. The molecule has 0 saturated carbocycles. The molecule has 0 bridgehead atoms. The summed E-state index contributed by atoms with van der Waals surface area (Å²) >= 11 is 0. The molecule has 1 heterocycles. The predicted octanol–water partition coefficient (Wildman–Crippen LogP) is 2.94. The number of pyridine rings is 1. The summed E-state index contributed by atoms with van der Waals surface area (Å²) in [4.78, 5) is 14.4. The molecule has 8 heteroatoms. The number of benzene rings is 1. The minimum Gasteiger partial charge on any atom is -0.493 e. The Morgan fingerprint density at radius 3 is 2.42 bits per heavy atom. The van der Waals surface area contributed by atoms with Crippen molar-refractivity contribution in [2.24, 2.45) is 0 Å². The van der Waals surface area contributed by atoms with E-state index in [1.54, 1.807) is 34.3 Å². The summed E-state index contributed by atoms with van der Waals surface area (Å²) in [6.07, 6.45) is 1.22. The van der Waals surface area contributed by atoms with E-state index in [4.69, 9.17) is 14.2 Å². The zero-order valence-corrected chi connectivity index (χ0v) is 14.0. The molecule has 128 valence electrons. The van der Waals surface area contributed by atoms with Crippen molar-refractivity contribution in [3.8, 4) is 17.2 Å². The molecule has 0 aliphatic rings. The van der Waals surface area contributed by atoms with Crippen LogP contribution in [0.2, 0.25) is 0 Å². The van der Waals surface area contributed by atoms with Crippen molar-refractivity contribution in [2.45, 2.75) is 13.5 Å². The number of hydrogen-bond donors (Lipinski definition) is 1. The van der Waals surface area contributed by atoms with E-state index in [-0.39, 0.29) is 5.69 Å². The van der Waals surface area contributed by atoms with Crippen molar-refractivity contribution in [1.82, 2.24) is 4.98 Å². The zero-order valence-electron chi connectivity index (χ0n) is 14.0. The number of nitro groups is 1. The highest BCUT2D eigenvalue weighted by molar-refractivity contribution is 5.57. The number of ether oxygens (including phenoxy) is 3. The van der Waals surface area contributed by atoms with E-state index >= 15 is 0 Å². The first-order valence-corrected chi connectivity index (χ1v) is 7.14. The Morgan fingerprint density at radius 2 is 1.88 bits per heavy atom. The Labute approximate surface area is 139 Å². The van der Waals surface area contributed by atoms with Gasteiger partial charge >= 0.3 is 0 Å². The Morgan fingerprint density at radius 1 is 1.17 bits per heavy atom. The van der Waals surface area contributed by atoms with Gasteiger partial charge in [-0.1, -0.05) is 0 Å². The maximum absolute atomic E-state index is 10.8. The lowest BCUT2D eigenvalue weighted by atomic mass is 10.1. The highest BCUT2D eigenvalue weighted by Gasteiger charge is 2.16. The van der Waals surface area contributed by atoms with Gasteiger partial charge in [-0.3, -0.25) is 10.1 Å². The number of methoxy groups -OCH3 is 3. The number of anilines is 1. The number of aryl methyl sites for hydroxylation is 1. The molecule has 0 unspecified atom stereocenters. The summed E-state index contributed by atoms with van der Waals surface area (Å²) in [5.41, 5.74) is 1.49. The van der Waals surface area contributed by atoms with Crippen LogP contribution < -0.4 is 19.5 Å². The van der Waals surface area contributed by atoms with Crippen molar-refractivity contribution < 1.29 is 19.1 Å². The lowest BCUT2D eigenvalue weighted by Gasteiger charge is -2.16. The fourth-order valence-electron chi connectivity index (χ4n) is 2.33. The fraction of sp³-hybridized carbons (Fsp3) is 0.312. The highest BCUT2D eigenvalue weighted by Crippen LogP contribution is 2.39. The monoisotopic (exact) mass is 333 g/mol. The number of aromatic nitrogens is 1. The Kier molecular flexibility index (Phi) is 5.41. The van der Waals surface area contributed by atoms with E-state index in [2.05, 4.69) is 10.3 Å². The van der Waals surface area contributed by atoms with Crippen molar-refractivity contribution in [3.05, 3.63) is 45.6 Å². The van der Waals surface area contributed by atoms with Crippen LogP contribution in [0.4, 0.5) is 11.5 Å². The van der Waals surface area contributed by atoms with Gasteiger partial charge in [0.2, 0.25) is 5.75 Å². The van der Waals surface area contributed by atoms with Crippen molar-refractivity contribution in [3.63, 3.8) is 0 Å². The van der Waals surface area contributed by atoms with Crippen LogP contribution in [0.15, 0.2) is 24.4 Å². The third kappa shape index (κ3) is 3.48. The molecule has 8 nitrogen and oxygen atoms in total. The standard InChI is InChI=1S/C16H19N3O5/c1-10-7-12(19(20)21)9-18-16(10)17-8-11-5-6-13(22-2)15(24-4)14(11)23-3/h5-7,9H,8H2,1-4H3,(H,17,18). The molecular formula is C16H19N3O5. The van der Waals surface area contributed by atoms with Crippen LogP contribution in [0.5, 0.6) is 17.2 Å². The second kappa shape index (κ2) is 7.49. The Balaban J connectivity index is 2.25. The minimum atomic E-state index is -0.471. The van der Waals surface area contributed by atoms with Crippen LogP contribution in [0.1, 0.15) is 11.1 Å². The molecule has 0 radical (unpaired) electrons. The second-order valence-electron chi connectivity index (χ2n) is 4.96. The van der Waals surface area contributed by atoms with Gasteiger partial charge in [-0.15, -0.1) is 0 Å². The first-order valence-electron chi connectivity index (χ1n) is 7.14. The van der Waals surface area contributed by atoms with Gasteiger partial charge in [0.15, 0.2) is 11.5 Å². The average Bonchev–Trinajstić information content (AvgIpc) is 2.59. The lowest BCUT2D eigenvalue weighted by molar-refractivity contribution is -0.385. The first-order chi connectivity index (χ1) is 11.5. The van der Waals surface area contributed by atoms with E-state index in [0.717, 1.165) is 5.56 Å². The summed E-state index contributed by atoms with van der Waals surface area (Å²) in [5.74, 6) is 2.21. The summed E-state index contributed by atoms with van der Waals surface area (Å²) in [6.45, 7) is 2.17. The molecule has 0 aliphatic carbocycles. The Hall–Kier alpha value is -3.03. The van der Waals surface area contributed by atoms with E-state index in [1.807, 2.05) is 6.07 Å². The predicted molar refractivity (Wildman–Crippen MR) is 89.1 cm³/mol. The molecule has 0 aliphatic heterocycles. The average molecular weight is 333 g/mol. The molecule has 24 heavy (non-hydrogen) atoms. The quantitative estimate of drug-likeness (QED) is 0.614. The van der Waals surface area contributed by atoms with Gasteiger partial charge in [-0.25, -0.2) is 4.98 Å². The van der Waals surface area contributed by atoms with E-state index in [9.17, 15) is 10.1 Å². The lowest BCUT2D eigenvalue weighted by Crippen LogP contribution is -2.06. The van der Waals surface area contributed by atoms with E-state index in [1.165, 1.54) is 12.3 Å².